The predicted octanol–water partition coefficient (Wildman–Crippen LogP) is -0.0485. The number of carboxylic acid groups (broad SMARTS) is 1. The SMILES string of the molecule is C[C@](N)(CSC=CN)C(=O)O. The zero-order valence-electron chi connectivity index (χ0n) is 6.28. The number of carbonyl (C=O) groups is 1. The minimum Gasteiger partial charge on any atom is -0.480 e. The van der Waals surface area contributed by atoms with Crippen molar-refractivity contribution in [1.82, 2.24) is 0 Å². The fourth-order valence-corrected chi connectivity index (χ4v) is 1.02. The Morgan fingerprint density at radius 3 is 2.73 bits per heavy atom. The molecule has 0 amide bonds. The predicted molar refractivity (Wildman–Crippen MR) is 46.0 cm³/mol. The lowest BCUT2D eigenvalue weighted by atomic mass is 10.1. The summed E-state index contributed by atoms with van der Waals surface area (Å²) < 4.78 is 0. The molecule has 0 rings (SSSR count). The maximum absolute atomic E-state index is 10.4. The molecule has 0 aliphatic heterocycles. The molecule has 64 valence electrons. The monoisotopic (exact) mass is 176 g/mol. The zero-order chi connectivity index (χ0) is 8.91. The van der Waals surface area contributed by atoms with E-state index in [4.69, 9.17) is 16.6 Å². The van der Waals surface area contributed by atoms with Gasteiger partial charge in [0.15, 0.2) is 0 Å². The molecule has 0 saturated carbocycles. The van der Waals surface area contributed by atoms with E-state index >= 15 is 0 Å². The molecule has 5 N–H and O–H groups in total. The van der Waals surface area contributed by atoms with Crippen molar-refractivity contribution >= 4 is 17.7 Å². The summed E-state index contributed by atoms with van der Waals surface area (Å²) in [6.07, 6.45) is 1.35. The van der Waals surface area contributed by atoms with Crippen LogP contribution < -0.4 is 11.5 Å². The molecule has 0 fully saturated rings. The van der Waals surface area contributed by atoms with Crippen molar-refractivity contribution in [1.29, 1.82) is 0 Å². The number of aliphatic carboxylic acids is 1. The molecular formula is C6H12N2O2S. The van der Waals surface area contributed by atoms with Crippen LogP contribution in [0.2, 0.25) is 0 Å². The minimum atomic E-state index is -1.18. The van der Waals surface area contributed by atoms with Gasteiger partial charge in [0.05, 0.1) is 0 Å². The van der Waals surface area contributed by atoms with Crippen LogP contribution in [0.1, 0.15) is 6.92 Å². The van der Waals surface area contributed by atoms with E-state index in [1.807, 2.05) is 0 Å². The van der Waals surface area contributed by atoms with Gasteiger partial charge in [0.1, 0.15) is 5.54 Å². The lowest BCUT2D eigenvalue weighted by Crippen LogP contribution is -2.47. The topological polar surface area (TPSA) is 89.3 Å². The Bertz CT molecular complexity index is 168. The van der Waals surface area contributed by atoms with Gasteiger partial charge >= 0.3 is 5.97 Å². The van der Waals surface area contributed by atoms with Crippen LogP contribution in [0.5, 0.6) is 0 Å². The van der Waals surface area contributed by atoms with Gasteiger partial charge in [0, 0.05) is 12.0 Å². The van der Waals surface area contributed by atoms with E-state index in [0.29, 0.717) is 5.75 Å². The average molecular weight is 176 g/mol. The molecule has 0 bridgehead atoms. The highest BCUT2D eigenvalue weighted by atomic mass is 32.2. The summed E-state index contributed by atoms with van der Waals surface area (Å²) in [7, 11) is 0. The summed E-state index contributed by atoms with van der Waals surface area (Å²) in [5.41, 5.74) is 9.27. The summed E-state index contributed by atoms with van der Waals surface area (Å²) in [6, 6.07) is 0. The van der Waals surface area contributed by atoms with Crippen molar-refractivity contribution in [2.45, 2.75) is 12.5 Å². The number of hydrogen-bond acceptors (Lipinski definition) is 4. The molecule has 0 unspecified atom stereocenters. The van der Waals surface area contributed by atoms with Gasteiger partial charge in [0.2, 0.25) is 0 Å². The maximum atomic E-state index is 10.4. The molecule has 0 spiro atoms. The van der Waals surface area contributed by atoms with Crippen LogP contribution in [0.15, 0.2) is 11.6 Å². The second-order valence-corrected chi connectivity index (χ2v) is 3.26. The maximum Gasteiger partial charge on any atom is 0.324 e. The molecule has 11 heavy (non-hydrogen) atoms. The fourth-order valence-electron chi connectivity index (χ4n) is 0.339. The molecule has 0 radical (unpaired) electrons. The van der Waals surface area contributed by atoms with Gasteiger partial charge in [-0.25, -0.2) is 0 Å². The molecule has 5 heteroatoms. The molecule has 0 aromatic rings. The number of hydrogen-bond donors (Lipinski definition) is 3. The van der Waals surface area contributed by atoms with Gasteiger partial charge in [-0.05, 0) is 12.3 Å². The van der Waals surface area contributed by atoms with Gasteiger partial charge in [-0.1, -0.05) is 0 Å². The first-order valence-electron chi connectivity index (χ1n) is 3.01. The zero-order valence-corrected chi connectivity index (χ0v) is 7.10. The Morgan fingerprint density at radius 2 is 2.36 bits per heavy atom. The molecular weight excluding hydrogens is 164 g/mol. The first-order valence-corrected chi connectivity index (χ1v) is 4.06. The van der Waals surface area contributed by atoms with Crippen LogP contribution in [0.25, 0.3) is 0 Å². The molecule has 0 saturated heterocycles. The summed E-state index contributed by atoms with van der Waals surface area (Å²) >= 11 is 1.28. The van der Waals surface area contributed by atoms with Gasteiger partial charge in [0.25, 0.3) is 0 Å². The summed E-state index contributed by atoms with van der Waals surface area (Å²) in [5.74, 6) is -0.689. The van der Waals surface area contributed by atoms with Crippen molar-refractivity contribution in [2.24, 2.45) is 11.5 Å². The molecule has 0 aliphatic carbocycles. The standard InChI is InChI=1S/C6H12N2O2S/c1-6(8,5(9)10)4-11-3-2-7/h2-3H,4,7-8H2,1H3,(H,9,10)/t6-/m0/s1. The summed E-state index contributed by atoms with van der Waals surface area (Å²) in [4.78, 5) is 10.4. The lowest BCUT2D eigenvalue weighted by molar-refractivity contribution is -0.141. The number of thioether (sulfide) groups is 1. The van der Waals surface area contributed by atoms with E-state index in [1.165, 1.54) is 24.9 Å². The Balaban J connectivity index is 3.82. The van der Waals surface area contributed by atoms with Crippen LogP contribution >= 0.6 is 11.8 Å². The number of carboxylic acids is 1. The molecule has 0 aromatic carbocycles. The third-order valence-electron chi connectivity index (χ3n) is 1.05. The van der Waals surface area contributed by atoms with Crippen molar-refractivity contribution in [3.8, 4) is 0 Å². The van der Waals surface area contributed by atoms with Gasteiger partial charge in [-0.15, -0.1) is 11.8 Å². The fraction of sp³-hybridized carbons (Fsp3) is 0.500. The normalized spacial score (nSPS) is 16.5. The highest BCUT2D eigenvalue weighted by Crippen LogP contribution is 2.10. The molecule has 0 aromatic heterocycles. The van der Waals surface area contributed by atoms with Gasteiger partial charge in [-0.2, -0.15) is 0 Å². The van der Waals surface area contributed by atoms with Crippen LogP contribution in [0, 0.1) is 0 Å². The lowest BCUT2D eigenvalue weighted by Gasteiger charge is -2.16. The third-order valence-corrected chi connectivity index (χ3v) is 2.16. The third kappa shape index (κ3) is 3.90. The van der Waals surface area contributed by atoms with Gasteiger partial charge in [-0.3, -0.25) is 4.79 Å². The second-order valence-electron chi connectivity index (χ2n) is 2.36. The van der Waals surface area contributed by atoms with Gasteiger partial charge < -0.3 is 16.6 Å². The average Bonchev–Trinajstić information content (AvgIpc) is 1.88. The summed E-state index contributed by atoms with van der Waals surface area (Å²) in [6.45, 7) is 1.46. The van der Waals surface area contributed by atoms with Crippen LogP contribution in [0.4, 0.5) is 0 Å². The highest BCUT2D eigenvalue weighted by Gasteiger charge is 2.26. The van der Waals surface area contributed by atoms with E-state index in [2.05, 4.69) is 0 Å². The Kier molecular flexibility index (Phi) is 3.99. The van der Waals surface area contributed by atoms with E-state index in [1.54, 1.807) is 5.41 Å². The van der Waals surface area contributed by atoms with Crippen LogP contribution in [-0.2, 0) is 4.79 Å². The van der Waals surface area contributed by atoms with E-state index < -0.39 is 11.5 Å². The first-order chi connectivity index (χ1) is 5.00. The largest absolute Gasteiger partial charge is 0.480 e. The molecule has 0 heterocycles. The van der Waals surface area contributed by atoms with Crippen LogP contribution in [-0.4, -0.2) is 22.4 Å². The van der Waals surface area contributed by atoms with E-state index in [9.17, 15) is 4.79 Å². The van der Waals surface area contributed by atoms with E-state index in [0.717, 1.165) is 0 Å². The minimum absolute atomic E-state index is 0.316. The summed E-state index contributed by atoms with van der Waals surface area (Å²) in [5, 5.41) is 10.2. The van der Waals surface area contributed by atoms with Crippen molar-refractivity contribution in [3.05, 3.63) is 11.6 Å². The molecule has 1 atom stereocenters. The second kappa shape index (κ2) is 4.25. The molecule has 0 aliphatic rings. The van der Waals surface area contributed by atoms with Crippen LogP contribution in [0.3, 0.4) is 0 Å². The Morgan fingerprint density at radius 1 is 1.82 bits per heavy atom. The number of nitrogens with two attached hydrogens (primary N) is 2. The van der Waals surface area contributed by atoms with Crippen molar-refractivity contribution < 1.29 is 9.90 Å². The quantitative estimate of drug-likeness (QED) is 0.559. The first kappa shape index (κ1) is 10.3. The van der Waals surface area contributed by atoms with Crippen molar-refractivity contribution in [3.63, 3.8) is 0 Å². The highest BCUT2D eigenvalue weighted by molar-refractivity contribution is 8.02. The van der Waals surface area contributed by atoms with E-state index in [-0.39, 0.29) is 0 Å². The Hall–Kier alpha value is -0.680. The Labute approximate surface area is 69.6 Å². The smallest absolute Gasteiger partial charge is 0.324 e. The number of rotatable bonds is 4. The van der Waals surface area contributed by atoms with Crippen molar-refractivity contribution in [2.75, 3.05) is 5.75 Å². The molecule has 4 nitrogen and oxygen atoms in total.